The lowest BCUT2D eigenvalue weighted by Gasteiger charge is -2.08. The highest BCUT2D eigenvalue weighted by Crippen LogP contribution is 2.20. The van der Waals surface area contributed by atoms with Crippen LogP contribution in [0.15, 0.2) is 30.6 Å². The number of halogens is 3. The number of carbonyl (C=O) groups is 1. The summed E-state index contributed by atoms with van der Waals surface area (Å²) in [5.74, 6) is -0.821. The van der Waals surface area contributed by atoms with Crippen molar-refractivity contribution in [3.63, 3.8) is 0 Å². The summed E-state index contributed by atoms with van der Waals surface area (Å²) in [6, 6.07) is 5.21. The van der Waals surface area contributed by atoms with E-state index in [-0.39, 0.29) is 12.4 Å². The second kappa shape index (κ2) is 8.22. The maximum atomic E-state index is 11.2. The van der Waals surface area contributed by atoms with Gasteiger partial charge in [-0.25, -0.2) is 13.2 Å². The highest BCUT2D eigenvalue weighted by molar-refractivity contribution is 7.86. The smallest absolute Gasteiger partial charge is 0.638 e. The fourth-order valence-corrected chi connectivity index (χ4v) is 0.933. The monoisotopic (exact) mass is 341 g/mol. The van der Waals surface area contributed by atoms with Gasteiger partial charge < -0.3 is 14.8 Å². The molecule has 0 bridgehead atoms. The first-order chi connectivity index (χ1) is 10.0. The Bertz CT molecular complexity index is 654. The van der Waals surface area contributed by atoms with Crippen molar-refractivity contribution in [2.24, 2.45) is 0 Å². The number of hydrogen-bond donors (Lipinski definition) is 0. The van der Waals surface area contributed by atoms with Gasteiger partial charge in [0.25, 0.3) is 0 Å². The van der Waals surface area contributed by atoms with E-state index in [1.165, 1.54) is 4.57 Å². The molecule has 0 amide bonds. The van der Waals surface area contributed by atoms with Gasteiger partial charge in [-0.3, -0.25) is 0 Å². The summed E-state index contributed by atoms with van der Waals surface area (Å²) >= 11 is 0. The number of ether oxygens (including phenoxy) is 1. The Balaban J connectivity index is 0.000000472. The lowest BCUT2D eigenvalue weighted by atomic mass is 10.4. The third kappa shape index (κ3) is 6.43. The summed E-state index contributed by atoms with van der Waals surface area (Å²) in [5, 5.41) is 0. The molecule has 0 saturated carbocycles. The summed E-state index contributed by atoms with van der Waals surface area (Å²) in [6.07, 6.45) is 3.18. The summed E-state index contributed by atoms with van der Waals surface area (Å²) in [6.45, 7) is 1.92. The molecule has 0 radical (unpaired) electrons. The van der Waals surface area contributed by atoms with Crippen molar-refractivity contribution in [1.29, 1.82) is 0 Å². The molecule has 1 aromatic heterocycles. The van der Waals surface area contributed by atoms with E-state index in [0.717, 1.165) is 0 Å². The van der Waals surface area contributed by atoms with E-state index >= 15 is 0 Å². The molecule has 0 N–H and O–H groups in total. The molecular formula is C10H10F3N3O5S. The Hall–Kier alpha value is -2.30. The number of alkyl halides is 3. The van der Waals surface area contributed by atoms with Crippen LogP contribution < -0.4 is 4.57 Å². The van der Waals surface area contributed by atoms with E-state index in [9.17, 15) is 18.0 Å². The van der Waals surface area contributed by atoms with Crippen LogP contribution in [0, 0.1) is 0 Å². The van der Waals surface area contributed by atoms with Crippen molar-refractivity contribution in [3.05, 3.63) is 36.1 Å². The maximum Gasteiger partial charge on any atom is 0.638 e. The van der Waals surface area contributed by atoms with Gasteiger partial charge in [-0.1, -0.05) is 15.4 Å². The molecule has 8 nitrogen and oxygen atoms in total. The van der Waals surface area contributed by atoms with Gasteiger partial charge in [0.2, 0.25) is 0 Å². The van der Waals surface area contributed by atoms with Crippen LogP contribution >= 0.6 is 0 Å². The van der Waals surface area contributed by atoms with Crippen LogP contribution in [-0.4, -0.2) is 41.7 Å². The molecule has 0 aromatic carbocycles. The van der Waals surface area contributed by atoms with Crippen molar-refractivity contribution in [2.45, 2.75) is 12.4 Å². The second-order valence-electron chi connectivity index (χ2n) is 3.33. The number of aromatic nitrogens is 1. The van der Waals surface area contributed by atoms with Crippen LogP contribution in [0.4, 0.5) is 13.2 Å². The van der Waals surface area contributed by atoms with E-state index in [1.807, 2.05) is 0 Å². The van der Waals surface area contributed by atoms with Crippen molar-refractivity contribution in [3.8, 4) is 0 Å². The van der Waals surface area contributed by atoms with Gasteiger partial charge in [-0.15, -0.1) is 0 Å². The first kappa shape index (κ1) is 19.7. The maximum absolute atomic E-state index is 11.2. The SMILES string of the molecule is CCOC(=O)C(=[N+]=[N-])[n+]1ccccc1.O=S(=O)([O-])C(F)(F)F. The fourth-order valence-electron chi connectivity index (χ4n) is 0.933. The van der Waals surface area contributed by atoms with E-state index < -0.39 is 21.6 Å². The standard InChI is InChI=1S/C9H10N3O2.CHF3O3S/c1-2-14-9(13)8(11-10)12-6-4-3-5-7-12;2-1(3,4)8(5,6)7/h3-7H,2H2,1H3;(H,5,6,7)/q+1;/p-1. The molecule has 1 heterocycles. The van der Waals surface area contributed by atoms with Crippen molar-refractivity contribution in [1.82, 2.24) is 0 Å². The second-order valence-corrected chi connectivity index (χ2v) is 4.70. The van der Waals surface area contributed by atoms with E-state index in [4.69, 9.17) is 23.2 Å². The predicted molar refractivity (Wildman–Crippen MR) is 63.0 cm³/mol. The minimum Gasteiger partial charge on any atom is -0.741 e. The Morgan fingerprint density at radius 1 is 1.32 bits per heavy atom. The molecule has 12 heteroatoms. The normalized spacial score (nSPS) is 10.8. The van der Waals surface area contributed by atoms with Crippen molar-refractivity contribution >= 4 is 21.9 Å². The largest absolute Gasteiger partial charge is 0.741 e. The summed E-state index contributed by atoms with van der Waals surface area (Å²) in [7, 11) is -6.09. The lowest BCUT2D eigenvalue weighted by Crippen LogP contribution is -2.48. The molecular weight excluding hydrogens is 331 g/mol. The topological polar surface area (TPSA) is 124 Å². The number of hydrogen-bond acceptors (Lipinski definition) is 5. The van der Waals surface area contributed by atoms with Crippen LogP contribution in [0.3, 0.4) is 0 Å². The molecule has 0 spiro atoms. The Kier molecular flexibility index (Phi) is 7.36. The molecule has 0 aliphatic rings. The van der Waals surface area contributed by atoms with Crippen LogP contribution in [0.2, 0.25) is 0 Å². The molecule has 0 saturated heterocycles. The molecule has 122 valence electrons. The molecule has 0 aliphatic carbocycles. The number of nitrogens with zero attached hydrogens (tertiary/aromatic N) is 3. The molecule has 0 atom stereocenters. The summed E-state index contributed by atoms with van der Waals surface area (Å²) in [5.41, 5.74) is 3.00. The van der Waals surface area contributed by atoms with E-state index in [2.05, 4.69) is 4.79 Å². The van der Waals surface area contributed by atoms with E-state index in [0.29, 0.717) is 0 Å². The molecule has 1 aromatic rings. The van der Waals surface area contributed by atoms with Crippen LogP contribution in [0.25, 0.3) is 5.53 Å². The van der Waals surface area contributed by atoms with Gasteiger partial charge in [0.1, 0.15) is 0 Å². The zero-order chi connectivity index (χ0) is 17.4. The minimum absolute atomic E-state index is 0.160. The van der Waals surface area contributed by atoms with Gasteiger partial charge in [-0.2, -0.15) is 13.2 Å². The number of carbonyl (C=O) groups excluding carboxylic acids is 1. The lowest BCUT2D eigenvalue weighted by molar-refractivity contribution is -0.573. The van der Waals surface area contributed by atoms with Gasteiger partial charge in [0.05, 0.1) is 6.61 Å². The molecule has 0 unspecified atom stereocenters. The van der Waals surface area contributed by atoms with Crippen LogP contribution in [0.5, 0.6) is 0 Å². The van der Waals surface area contributed by atoms with Gasteiger partial charge in [0, 0.05) is 12.1 Å². The zero-order valence-electron chi connectivity index (χ0n) is 11.0. The quantitative estimate of drug-likeness (QED) is 0.104. The third-order valence-corrected chi connectivity index (χ3v) is 2.36. The highest BCUT2D eigenvalue weighted by atomic mass is 32.2. The summed E-state index contributed by atoms with van der Waals surface area (Å²) < 4.78 is 65.0. The first-order valence-corrected chi connectivity index (χ1v) is 6.83. The number of esters is 1. The molecule has 0 aliphatic heterocycles. The van der Waals surface area contributed by atoms with Crippen LogP contribution in [0.1, 0.15) is 6.92 Å². The number of pyridine rings is 1. The first-order valence-electron chi connectivity index (χ1n) is 5.42. The minimum atomic E-state index is -6.09. The van der Waals surface area contributed by atoms with Crippen molar-refractivity contribution < 1.29 is 45.0 Å². The van der Waals surface area contributed by atoms with E-state index in [1.54, 1.807) is 37.5 Å². The van der Waals surface area contributed by atoms with Gasteiger partial charge in [0.15, 0.2) is 22.5 Å². The van der Waals surface area contributed by atoms with Gasteiger partial charge >= 0.3 is 17.3 Å². The highest BCUT2D eigenvalue weighted by Gasteiger charge is 2.37. The van der Waals surface area contributed by atoms with Crippen molar-refractivity contribution in [2.75, 3.05) is 6.61 Å². The number of rotatable bonds is 1. The van der Waals surface area contributed by atoms with Crippen LogP contribution in [-0.2, 0) is 19.6 Å². The van der Waals surface area contributed by atoms with Gasteiger partial charge in [-0.05, 0) is 6.92 Å². The predicted octanol–water partition coefficient (Wildman–Crippen LogP) is 0.0650. The Labute approximate surface area is 123 Å². The molecule has 0 fully saturated rings. The average Bonchev–Trinajstić information content (AvgIpc) is 2.39. The summed E-state index contributed by atoms with van der Waals surface area (Å²) in [4.78, 5) is 14.1. The Morgan fingerprint density at radius 3 is 2.09 bits per heavy atom. The molecule has 22 heavy (non-hydrogen) atoms. The average molecular weight is 341 g/mol. The molecule has 1 rings (SSSR count). The third-order valence-electron chi connectivity index (χ3n) is 1.80. The fraction of sp³-hybridized carbons (Fsp3) is 0.300. The Morgan fingerprint density at radius 2 is 1.77 bits per heavy atom. The zero-order valence-corrected chi connectivity index (χ0v) is 11.8.